The zero-order valence-electron chi connectivity index (χ0n) is 16.9. The van der Waals surface area contributed by atoms with Crippen molar-refractivity contribution in [1.82, 2.24) is 15.3 Å². The molecule has 0 bridgehead atoms. The van der Waals surface area contributed by atoms with Crippen LogP contribution in [0.2, 0.25) is 0 Å². The van der Waals surface area contributed by atoms with E-state index < -0.39 is 21.8 Å². The molecule has 1 fully saturated rings. The number of benzene rings is 1. The number of nitrogens with zero attached hydrogens (tertiary/aromatic N) is 2. The van der Waals surface area contributed by atoms with Gasteiger partial charge in [0.2, 0.25) is 5.88 Å². The quantitative estimate of drug-likeness (QED) is 0.690. The summed E-state index contributed by atoms with van der Waals surface area (Å²) in [6, 6.07) is 5.58. The fourth-order valence-corrected chi connectivity index (χ4v) is 3.73. The maximum atomic E-state index is 12.8. The molecule has 0 spiro atoms. The van der Waals surface area contributed by atoms with Crippen LogP contribution in [-0.2, 0) is 9.84 Å². The Hall–Kier alpha value is -2.94. The number of hydrogen-bond acceptors (Lipinski definition) is 7. The highest BCUT2D eigenvalue weighted by atomic mass is 32.2. The summed E-state index contributed by atoms with van der Waals surface area (Å²) in [6.07, 6.45) is 8.15. The van der Waals surface area contributed by atoms with Crippen LogP contribution in [0.4, 0.5) is 0 Å². The van der Waals surface area contributed by atoms with Gasteiger partial charge in [0.1, 0.15) is 22.9 Å². The minimum absolute atomic E-state index is 0.0983. The lowest BCUT2D eigenvalue weighted by Gasteiger charge is -2.15. The Labute approximate surface area is 175 Å². The molecule has 1 aliphatic carbocycles. The first kappa shape index (κ1) is 21.8. The van der Waals surface area contributed by atoms with E-state index in [1.54, 1.807) is 19.1 Å². The van der Waals surface area contributed by atoms with Gasteiger partial charge < -0.3 is 15.2 Å². The Morgan fingerprint density at radius 2 is 1.93 bits per heavy atom. The molecule has 3 rings (SSSR count). The molecule has 30 heavy (non-hydrogen) atoms. The number of phenols is 1. The van der Waals surface area contributed by atoms with Gasteiger partial charge in [0.25, 0.3) is 5.91 Å². The number of aromatic nitrogens is 2. The van der Waals surface area contributed by atoms with Crippen molar-refractivity contribution in [3.63, 3.8) is 0 Å². The number of phenolic OH excluding ortho intramolecular Hbond substituents is 1. The summed E-state index contributed by atoms with van der Waals surface area (Å²) in [4.78, 5) is 21.7. The van der Waals surface area contributed by atoms with Gasteiger partial charge in [-0.25, -0.2) is 13.4 Å². The highest BCUT2D eigenvalue weighted by Crippen LogP contribution is 2.34. The van der Waals surface area contributed by atoms with Gasteiger partial charge in [-0.15, -0.1) is 0 Å². The van der Waals surface area contributed by atoms with Gasteiger partial charge in [0.15, 0.2) is 9.84 Å². The Morgan fingerprint density at radius 1 is 1.27 bits per heavy atom. The summed E-state index contributed by atoms with van der Waals surface area (Å²) in [7, 11) is -3.29. The first-order chi connectivity index (χ1) is 14.2. The molecule has 9 heteroatoms. The van der Waals surface area contributed by atoms with Gasteiger partial charge in [-0.2, -0.15) is 4.98 Å². The van der Waals surface area contributed by atoms with Gasteiger partial charge in [-0.3, -0.25) is 4.79 Å². The summed E-state index contributed by atoms with van der Waals surface area (Å²) in [5.41, 5.74) is 0.143. The third-order valence-electron chi connectivity index (χ3n) is 4.76. The summed E-state index contributed by atoms with van der Waals surface area (Å²) in [6.45, 7) is 1.66. The second-order valence-electron chi connectivity index (χ2n) is 7.44. The topological polar surface area (TPSA) is 118 Å². The summed E-state index contributed by atoms with van der Waals surface area (Å²) >= 11 is 0. The zero-order valence-corrected chi connectivity index (χ0v) is 17.7. The van der Waals surface area contributed by atoms with E-state index in [9.17, 15) is 18.3 Å². The van der Waals surface area contributed by atoms with Crippen LogP contribution in [0.1, 0.15) is 54.7 Å². The molecule has 1 atom stereocenters. The lowest BCUT2D eigenvalue weighted by atomic mass is 10.1. The monoisotopic (exact) mass is 431 g/mol. The fourth-order valence-electron chi connectivity index (χ4n) is 3.21. The van der Waals surface area contributed by atoms with E-state index in [0.717, 1.165) is 37.3 Å². The van der Waals surface area contributed by atoms with Crippen LogP contribution in [0.25, 0.3) is 0 Å². The molecule has 2 N–H and O–H groups in total. The Morgan fingerprint density at radius 3 is 2.57 bits per heavy atom. The minimum atomic E-state index is -3.29. The molecule has 0 radical (unpaired) electrons. The molecule has 0 aliphatic heterocycles. The van der Waals surface area contributed by atoms with Gasteiger partial charge in [-0.05, 0) is 44.0 Å². The van der Waals surface area contributed by atoms with E-state index in [1.165, 1.54) is 24.4 Å². The second kappa shape index (κ2) is 9.25. The van der Waals surface area contributed by atoms with Crippen molar-refractivity contribution >= 4 is 15.7 Å². The van der Waals surface area contributed by atoms with Crippen molar-refractivity contribution in [2.24, 2.45) is 0 Å². The molecule has 2 aromatic rings. The molecule has 0 unspecified atom stereocenters. The standard InChI is InChI=1S/C21H25N3O5S/c1-14(11-12-30(2,27)28)23-20(26)18-13-22-19(15-5-3-4-6-15)24-21(18)29-17-9-7-16(25)8-10-17/h7-15,25H,3-6H2,1-2H3,(H,23,26)/b12-11+/t14-/m0/s1. The number of sulfone groups is 1. The molecule has 1 aromatic carbocycles. The number of carbonyl (C=O) groups is 1. The fraction of sp³-hybridized carbons (Fsp3) is 0.381. The van der Waals surface area contributed by atoms with Crippen molar-refractivity contribution in [3.8, 4) is 17.4 Å². The lowest BCUT2D eigenvalue weighted by molar-refractivity contribution is 0.0943. The highest BCUT2D eigenvalue weighted by molar-refractivity contribution is 7.93. The first-order valence-electron chi connectivity index (χ1n) is 9.74. The molecule has 1 saturated carbocycles. The molecular weight excluding hydrogens is 406 g/mol. The normalized spacial score (nSPS) is 15.9. The van der Waals surface area contributed by atoms with Crippen molar-refractivity contribution in [1.29, 1.82) is 0 Å². The van der Waals surface area contributed by atoms with Gasteiger partial charge >= 0.3 is 0 Å². The molecule has 160 valence electrons. The van der Waals surface area contributed by atoms with Crippen LogP contribution >= 0.6 is 0 Å². The number of aromatic hydroxyl groups is 1. The van der Waals surface area contributed by atoms with Crippen LogP contribution in [0.3, 0.4) is 0 Å². The summed E-state index contributed by atoms with van der Waals surface area (Å²) in [5.74, 6) is 1.04. The third kappa shape index (κ3) is 6.03. The Bertz CT molecular complexity index is 1030. The highest BCUT2D eigenvalue weighted by Gasteiger charge is 2.24. The van der Waals surface area contributed by atoms with Crippen molar-refractivity contribution in [3.05, 3.63) is 53.3 Å². The average molecular weight is 432 g/mol. The molecular formula is C21H25N3O5S. The number of carbonyl (C=O) groups excluding carboxylic acids is 1. The van der Waals surface area contributed by atoms with Crippen molar-refractivity contribution in [2.45, 2.75) is 44.6 Å². The van der Waals surface area contributed by atoms with E-state index in [0.29, 0.717) is 11.6 Å². The maximum absolute atomic E-state index is 12.8. The van der Waals surface area contributed by atoms with Crippen molar-refractivity contribution < 1.29 is 23.1 Å². The van der Waals surface area contributed by atoms with Crippen LogP contribution in [0.15, 0.2) is 41.9 Å². The first-order valence-corrected chi connectivity index (χ1v) is 11.7. The van der Waals surface area contributed by atoms with Gasteiger partial charge in [0, 0.05) is 29.8 Å². The number of amides is 1. The smallest absolute Gasteiger partial charge is 0.258 e. The predicted octanol–water partition coefficient (Wildman–Crippen LogP) is 3.31. The van der Waals surface area contributed by atoms with Crippen LogP contribution in [-0.4, -0.2) is 41.7 Å². The zero-order chi connectivity index (χ0) is 21.7. The average Bonchev–Trinajstić information content (AvgIpc) is 3.22. The minimum Gasteiger partial charge on any atom is -0.508 e. The molecule has 0 saturated heterocycles. The van der Waals surface area contributed by atoms with Crippen molar-refractivity contribution in [2.75, 3.05) is 6.26 Å². The van der Waals surface area contributed by atoms with Crippen LogP contribution in [0, 0.1) is 0 Å². The van der Waals surface area contributed by atoms with E-state index in [1.807, 2.05) is 0 Å². The van der Waals surface area contributed by atoms with E-state index in [2.05, 4.69) is 15.3 Å². The van der Waals surface area contributed by atoms with Crippen LogP contribution in [0.5, 0.6) is 17.4 Å². The molecule has 1 aromatic heterocycles. The summed E-state index contributed by atoms with van der Waals surface area (Å²) in [5, 5.41) is 13.2. The molecule has 1 heterocycles. The Kier molecular flexibility index (Phi) is 6.71. The number of rotatable bonds is 7. The molecule has 1 aliphatic rings. The molecule has 1 amide bonds. The summed E-state index contributed by atoms with van der Waals surface area (Å²) < 4.78 is 28.4. The molecule has 8 nitrogen and oxygen atoms in total. The lowest BCUT2D eigenvalue weighted by Crippen LogP contribution is -2.31. The van der Waals surface area contributed by atoms with E-state index in [-0.39, 0.29) is 23.1 Å². The third-order valence-corrected chi connectivity index (χ3v) is 5.41. The number of hydrogen-bond donors (Lipinski definition) is 2. The van der Waals surface area contributed by atoms with E-state index in [4.69, 9.17) is 4.74 Å². The van der Waals surface area contributed by atoms with Crippen LogP contribution < -0.4 is 10.1 Å². The van der Waals surface area contributed by atoms with Gasteiger partial charge in [-0.1, -0.05) is 18.9 Å². The maximum Gasteiger partial charge on any atom is 0.258 e. The largest absolute Gasteiger partial charge is 0.508 e. The Balaban J connectivity index is 1.86. The van der Waals surface area contributed by atoms with E-state index >= 15 is 0 Å². The number of ether oxygens (including phenoxy) is 1. The second-order valence-corrected chi connectivity index (χ2v) is 9.38. The number of nitrogens with one attached hydrogen (secondary N) is 1. The predicted molar refractivity (Wildman–Crippen MR) is 112 cm³/mol. The van der Waals surface area contributed by atoms with Gasteiger partial charge in [0.05, 0.1) is 0 Å². The SMILES string of the molecule is C[C@@H](/C=C/S(C)(=O)=O)NC(=O)c1cnc(C2CCCC2)nc1Oc1ccc(O)cc1.